The maximum atomic E-state index is 13.0. The van der Waals surface area contributed by atoms with E-state index in [2.05, 4.69) is 15.3 Å². The number of hydrogen-bond acceptors (Lipinski definition) is 7. The van der Waals surface area contributed by atoms with E-state index in [9.17, 15) is 14.5 Å². The van der Waals surface area contributed by atoms with E-state index < -0.39 is 16.4 Å². The third-order valence-electron chi connectivity index (χ3n) is 3.35. The van der Waals surface area contributed by atoms with E-state index in [1.165, 1.54) is 31.4 Å². The Labute approximate surface area is 147 Å². The molecule has 2 aromatic carbocycles. The fourth-order valence-electron chi connectivity index (χ4n) is 2.17. The van der Waals surface area contributed by atoms with Gasteiger partial charge in [-0.25, -0.2) is 9.37 Å². The molecule has 9 heteroatoms. The number of hydrogen-bond donors (Lipinski definition) is 1. The molecule has 0 unspecified atom stereocenters. The van der Waals surface area contributed by atoms with Gasteiger partial charge in [-0.15, -0.1) is 0 Å². The highest BCUT2D eigenvalue weighted by molar-refractivity contribution is 5.68. The van der Waals surface area contributed by atoms with E-state index in [1.54, 1.807) is 24.3 Å². The van der Waals surface area contributed by atoms with Crippen molar-refractivity contribution in [2.45, 2.75) is 0 Å². The van der Waals surface area contributed by atoms with E-state index in [1.807, 2.05) is 0 Å². The number of aromatic nitrogens is 2. The van der Waals surface area contributed by atoms with Crippen LogP contribution in [0.3, 0.4) is 0 Å². The molecule has 1 N–H and O–H groups in total. The number of rotatable bonds is 6. The van der Waals surface area contributed by atoms with E-state index in [4.69, 9.17) is 9.47 Å². The minimum atomic E-state index is -0.656. The lowest BCUT2D eigenvalue weighted by Crippen LogP contribution is -2.04. The van der Waals surface area contributed by atoms with Crippen LogP contribution >= 0.6 is 0 Å². The van der Waals surface area contributed by atoms with Crippen LogP contribution in [0.2, 0.25) is 0 Å². The second kappa shape index (κ2) is 7.43. The van der Waals surface area contributed by atoms with Crippen molar-refractivity contribution in [2.75, 3.05) is 12.4 Å². The molecule has 0 amide bonds. The highest BCUT2D eigenvalue weighted by Crippen LogP contribution is 2.38. The molecule has 3 rings (SSSR count). The molecule has 3 aromatic rings. The number of halogens is 1. The first kappa shape index (κ1) is 17.1. The molecule has 0 fully saturated rings. The van der Waals surface area contributed by atoms with Gasteiger partial charge in [-0.2, -0.15) is 4.98 Å². The van der Waals surface area contributed by atoms with Crippen molar-refractivity contribution in [2.24, 2.45) is 0 Å². The number of nitro groups is 1. The fraction of sp³-hybridized carbons (Fsp3) is 0.0588. The molecule has 8 nitrogen and oxygen atoms in total. The topological polar surface area (TPSA) is 99.4 Å². The molecule has 0 saturated heterocycles. The predicted molar refractivity (Wildman–Crippen MR) is 91.4 cm³/mol. The number of nitrogens with zero attached hydrogens (tertiary/aromatic N) is 3. The van der Waals surface area contributed by atoms with Crippen molar-refractivity contribution in [1.82, 2.24) is 9.97 Å². The number of anilines is 2. The molecule has 0 atom stereocenters. The Hall–Kier alpha value is -3.75. The Morgan fingerprint density at radius 2 is 1.77 bits per heavy atom. The first-order valence-electron chi connectivity index (χ1n) is 7.41. The van der Waals surface area contributed by atoms with Crippen LogP contribution in [0.4, 0.5) is 21.6 Å². The van der Waals surface area contributed by atoms with Crippen molar-refractivity contribution in [3.63, 3.8) is 0 Å². The standard InChI is InChI=1S/C17H13FN4O4/c1-25-13-4-2-3-5-14(13)26-17-15(22(23)24)16(19-10-20-17)21-12-8-6-11(18)7-9-12/h2-10H,1H3,(H,19,20,21). The summed E-state index contributed by atoms with van der Waals surface area (Å²) in [5.74, 6) is -0.0912. The van der Waals surface area contributed by atoms with Gasteiger partial charge >= 0.3 is 11.6 Å². The van der Waals surface area contributed by atoms with Crippen LogP contribution in [0, 0.1) is 15.9 Å². The number of benzene rings is 2. The lowest BCUT2D eigenvalue weighted by atomic mass is 10.3. The number of nitrogens with one attached hydrogen (secondary N) is 1. The van der Waals surface area contributed by atoms with Gasteiger partial charge in [-0.1, -0.05) is 12.1 Å². The molecule has 0 radical (unpaired) electrons. The molecule has 0 bridgehead atoms. The van der Waals surface area contributed by atoms with Gasteiger partial charge < -0.3 is 14.8 Å². The number of methoxy groups -OCH3 is 1. The maximum absolute atomic E-state index is 13.0. The van der Waals surface area contributed by atoms with Crippen LogP contribution in [-0.2, 0) is 0 Å². The molecule has 0 saturated carbocycles. The fourth-order valence-corrected chi connectivity index (χ4v) is 2.17. The largest absolute Gasteiger partial charge is 0.493 e. The molecular weight excluding hydrogens is 343 g/mol. The van der Waals surface area contributed by atoms with Crippen LogP contribution in [0.25, 0.3) is 0 Å². The third-order valence-corrected chi connectivity index (χ3v) is 3.35. The van der Waals surface area contributed by atoms with E-state index in [0.29, 0.717) is 11.4 Å². The van der Waals surface area contributed by atoms with E-state index in [0.717, 1.165) is 6.33 Å². The first-order chi connectivity index (χ1) is 12.6. The van der Waals surface area contributed by atoms with E-state index in [-0.39, 0.29) is 17.4 Å². The minimum absolute atomic E-state index is 0.0819. The maximum Gasteiger partial charge on any atom is 0.373 e. The summed E-state index contributed by atoms with van der Waals surface area (Å²) in [7, 11) is 1.46. The van der Waals surface area contributed by atoms with Crippen molar-refractivity contribution in [1.29, 1.82) is 0 Å². The quantitative estimate of drug-likeness (QED) is 0.525. The Morgan fingerprint density at radius 3 is 2.42 bits per heavy atom. The average molecular weight is 356 g/mol. The Morgan fingerprint density at radius 1 is 1.08 bits per heavy atom. The smallest absolute Gasteiger partial charge is 0.373 e. The van der Waals surface area contributed by atoms with Crippen LogP contribution in [0.15, 0.2) is 54.9 Å². The Kier molecular flexibility index (Phi) is 4.88. The Bertz CT molecular complexity index is 934. The second-order valence-electron chi connectivity index (χ2n) is 5.02. The summed E-state index contributed by atoms with van der Waals surface area (Å²) >= 11 is 0. The van der Waals surface area contributed by atoms with Crippen LogP contribution in [0.1, 0.15) is 0 Å². The van der Waals surface area contributed by atoms with Gasteiger partial charge in [0, 0.05) is 5.69 Å². The zero-order chi connectivity index (χ0) is 18.5. The summed E-state index contributed by atoms with van der Waals surface area (Å²) < 4.78 is 23.8. The third kappa shape index (κ3) is 3.66. The lowest BCUT2D eigenvalue weighted by molar-refractivity contribution is -0.385. The van der Waals surface area contributed by atoms with Crippen molar-refractivity contribution >= 4 is 17.2 Å². The summed E-state index contributed by atoms with van der Waals surface area (Å²) in [6.45, 7) is 0. The summed E-state index contributed by atoms with van der Waals surface area (Å²) in [5.41, 5.74) is -0.0285. The van der Waals surface area contributed by atoms with Crippen molar-refractivity contribution in [3.05, 3.63) is 70.8 Å². The highest BCUT2D eigenvalue weighted by Gasteiger charge is 2.26. The van der Waals surface area contributed by atoms with Gasteiger partial charge in [-0.3, -0.25) is 10.1 Å². The van der Waals surface area contributed by atoms with Gasteiger partial charge in [0.05, 0.1) is 12.0 Å². The summed E-state index contributed by atoms with van der Waals surface area (Å²) in [6.07, 6.45) is 1.13. The number of ether oxygens (including phenoxy) is 2. The van der Waals surface area contributed by atoms with Crippen molar-refractivity contribution < 1.29 is 18.8 Å². The average Bonchev–Trinajstić information content (AvgIpc) is 2.64. The molecular formula is C17H13FN4O4. The molecule has 0 aliphatic rings. The van der Waals surface area contributed by atoms with Gasteiger partial charge in [0.25, 0.3) is 0 Å². The van der Waals surface area contributed by atoms with Gasteiger partial charge in [0.2, 0.25) is 5.82 Å². The molecule has 0 aliphatic heterocycles. The highest BCUT2D eigenvalue weighted by atomic mass is 19.1. The van der Waals surface area contributed by atoms with Crippen LogP contribution in [-0.4, -0.2) is 22.0 Å². The first-order valence-corrected chi connectivity index (χ1v) is 7.41. The SMILES string of the molecule is COc1ccccc1Oc1ncnc(Nc2ccc(F)cc2)c1[N+](=O)[O-]. The molecule has 0 aliphatic carbocycles. The summed E-state index contributed by atoms with van der Waals surface area (Å²) in [4.78, 5) is 18.6. The Balaban J connectivity index is 1.98. The van der Waals surface area contributed by atoms with Gasteiger partial charge in [-0.05, 0) is 36.4 Å². The molecule has 26 heavy (non-hydrogen) atoms. The lowest BCUT2D eigenvalue weighted by Gasteiger charge is -2.11. The summed E-state index contributed by atoms with van der Waals surface area (Å²) in [5, 5.41) is 14.3. The zero-order valence-electron chi connectivity index (χ0n) is 13.5. The second-order valence-corrected chi connectivity index (χ2v) is 5.02. The van der Waals surface area contributed by atoms with Crippen molar-refractivity contribution in [3.8, 4) is 17.4 Å². The minimum Gasteiger partial charge on any atom is -0.493 e. The van der Waals surface area contributed by atoms with E-state index >= 15 is 0 Å². The number of para-hydroxylation sites is 2. The normalized spacial score (nSPS) is 10.2. The van der Waals surface area contributed by atoms with Gasteiger partial charge in [0.1, 0.15) is 12.1 Å². The van der Waals surface area contributed by atoms with Crippen LogP contribution in [0.5, 0.6) is 17.4 Å². The predicted octanol–water partition coefficient (Wildman–Crippen LogP) is 4.07. The molecule has 1 heterocycles. The zero-order valence-corrected chi connectivity index (χ0v) is 13.5. The molecule has 0 spiro atoms. The molecule has 1 aromatic heterocycles. The van der Waals surface area contributed by atoms with Crippen LogP contribution < -0.4 is 14.8 Å². The monoisotopic (exact) mass is 356 g/mol. The summed E-state index contributed by atoms with van der Waals surface area (Å²) in [6, 6.07) is 12.0. The molecule has 132 valence electrons. The van der Waals surface area contributed by atoms with Gasteiger partial charge in [0.15, 0.2) is 11.5 Å².